The molecule has 1 heterocycles. The molecular formula is C8H11N3S2. The van der Waals surface area contributed by atoms with Crippen LogP contribution in [-0.2, 0) is 0 Å². The summed E-state index contributed by atoms with van der Waals surface area (Å²) in [4.78, 5) is 1.37. The van der Waals surface area contributed by atoms with Crippen molar-refractivity contribution in [1.82, 2.24) is 0 Å². The number of thiocarbonyl (C=S) groups is 1. The summed E-state index contributed by atoms with van der Waals surface area (Å²) < 4.78 is 0. The molecule has 1 aliphatic heterocycles. The van der Waals surface area contributed by atoms with Crippen LogP contribution >= 0.6 is 24.0 Å². The molecule has 2 rings (SSSR count). The van der Waals surface area contributed by atoms with Crippen molar-refractivity contribution in [3.63, 3.8) is 0 Å². The Kier molecular flexibility index (Phi) is 3.85. The molecule has 0 fully saturated rings. The van der Waals surface area contributed by atoms with Crippen LogP contribution < -0.4 is 16.8 Å². The van der Waals surface area contributed by atoms with E-state index < -0.39 is 0 Å². The number of anilines is 1. The van der Waals surface area contributed by atoms with Gasteiger partial charge >= 0.3 is 0 Å². The summed E-state index contributed by atoms with van der Waals surface area (Å²) in [7, 11) is 0. The Hall–Kier alpha value is -0.940. The van der Waals surface area contributed by atoms with Gasteiger partial charge in [-0.15, -0.1) is 11.8 Å². The molecule has 5 heteroatoms. The third kappa shape index (κ3) is 3.52. The first-order valence-corrected chi connectivity index (χ1v) is 5.10. The molecule has 1 aliphatic rings. The molecule has 0 saturated carbocycles. The van der Waals surface area contributed by atoms with Crippen LogP contribution in [0.15, 0.2) is 29.2 Å². The number of para-hydroxylation sites is 1. The zero-order valence-electron chi connectivity index (χ0n) is 6.99. The Balaban J connectivity index is 0.000000184. The maximum Gasteiger partial charge on any atom is 0.160 e. The highest BCUT2D eigenvalue weighted by Gasteiger charge is 2.06. The van der Waals surface area contributed by atoms with E-state index in [-0.39, 0.29) is 5.11 Å². The molecule has 1 aromatic rings. The molecule has 0 amide bonds. The average molecular weight is 213 g/mol. The monoisotopic (exact) mass is 213 g/mol. The van der Waals surface area contributed by atoms with Gasteiger partial charge in [0.25, 0.3) is 0 Å². The zero-order chi connectivity index (χ0) is 9.68. The number of nitrogens with two attached hydrogens (primary N) is 2. The summed E-state index contributed by atoms with van der Waals surface area (Å²) in [6, 6.07) is 8.37. The van der Waals surface area contributed by atoms with Crippen LogP contribution in [0, 0.1) is 0 Å². The average Bonchev–Trinajstić information content (AvgIpc) is 2.49. The van der Waals surface area contributed by atoms with Crippen molar-refractivity contribution in [2.45, 2.75) is 4.90 Å². The Bertz CT molecular complexity index is 274. The smallest absolute Gasteiger partial charge is 0.160 e. The molecule has 0 radical (unpaired) electrons. The fourth-order valence-electron chi connectivity index (χ4n) is 0.930. The second-order valence-electron chi connectivity index (χ2n) is 2.36. The Morgan fingerprint density at radius 1 is 1.38 bits per heavy atom. The largest absolute Gasteiger partial charge is 0.377 e. The second-order valence-corrected chi connectivity index (χ2v) is 3.85. The molecule has 70 valence electrons. The number of rotatable bonds is 0. The van der Waals surface area contributed by atoms with Crippen LogP contribution in [0.5, 0.6) is 0 Å². The van der Waals surface area contributed by atoms with Crippen LogP contribution in [0.1, 0.15) is 0 Å². The molecule has 0 atom stereocenters. The second kappa shape index (κ2) is 4.94. The van der Waals surface area contributed by atoms with Crippen LogP contribution in [0.4, 0.5) is 5.69 Å². The van der Waals surface area contributed by atoms with E-state index >= 15 is 0 Å². The molecule has 0 aromatic heterocycles. The predicted octanol–water partition coefficient (Wildman–Crippen LogP) is 1.35. The van der Waals surface area contributed by atoms with Crippen LogP contribution in [0.25, 0.3) is 0 Å². The summed E-state index contributed by atoms with van der Waals surface area (Å²) in [6.45, 7) is 0. The van der Waals surface area contributed by atoms with Crippen molar-refractivity contribution in [3.05, 3.63) is 24.3 Å². The number of benzene rings is 1. The van der Waals surface area contributed by atoms with Gasteiger partial charge in [0.2, 0.25) is 0 Å². The van der Waals surface area contributed by atoms with Gasteiger partial charge in [0, 0.05) is 10.6 Å². The highest BCUT2D eigenvalue weighted by atomic mass is 32.2. The molecule has 13 heavy (non-hydrogen) atoms. The van der Waals surface area contributed by atoms with Crippen LogP contribution in [-0.4, -0.2) is 11.0 Å². The quantitative estimate of drug-likeness (QED) is 0.568. The lowest BCUT2D eigenvalue weighted by Crippen LogP contribution is -2.18. The lowest BCUT2D eigenvalue weighted by molar-refractivity contribution is 1.43. The van der Waals surface area contributed by atoms with E-state index in [4.69, 9.17) is 0 Å². The number of hydrogen-bond donors (Lipinski definition) is 3. The van der Waals surface area contributed by atoms with Crippen molar-refractivity contribution in [2.75, 3.05) is 11.2 Å². The highest BCUT2D eigenvalue weighted by molar-refractivity contribution is 7.99. The minimum Gasteiger partial charge on any atom is -0.377 e. The van der Waals surface area contributed by atoms with Gasteiger partial charge in [0.05, 0.1) is 5.88 Å². The lowest BCUT2D eigenvalue weighted by Gasteiger charge is -1.92. The Morgan fingerprint density at radius 2 is 2.00 bits per heavy atom. The van der Waals surface area contributed by atoms with Crippen molar-refractivity contribution in [2.24, 2.45) is 11.5 Å². The topological polar surface area (TPSA) is 64.1 Å². The first-order valence-electron chi connectivity index (χ1n) is 3.71. The standard InChI is InChI=1S/C7H7NS.CH4N2S/c1-2-4-7-6(3-1)8-5-9-7;2-1(3)4/h1-4,8H,5H2;(H4,2,3,4). The van der Waals surface area contributed by atoms with Crippen molar-refractivity contribution >= 4 is 34.8 Å². The van der Waals surface area contributed by atoms with E-state index in [2.05, 4.69) is 53.3 Å². The van der Waals surface area contributed by atoms with E-state index in [9.17, 15) is 0 Å². The van der Waals surface area contributed by atoms with Gasteiger partial charge < -0.3 is 16.8 Å². The minimum atomic E-state index is 0.000000000000000222. The first kappa shape index (κ1) is 10.1. The molecule has 5 N–H and O–H groups in total. The van der Waals surface area contributed by atoms with E-state index in [0.29, 0.717) is 0 Å². The summed E-state index contributed by atoms with van der Waals surface area (Å²) in [5.74, 6) is 1.03. The SMILES string of the molecule is NC(N)=S.c1ccc2c(c1)NCS2. The van der Waals surface area contributed by atoms with Gasteiger partial charge in [0.15, 0.2) is 5.11 Å². The summed E-state index contributed by atoms with van der Waals surface area (Å²) in [5, 5.41) is 3.26. The van der Waals surface area contributed by atoms with Gasteiger partial charge in [0.1, 0.15) is 0 Å². The van der Waals surface area contributed by atoms with Crippen molar-refractivity contribution in [1.29, 1.82) is 0 Å². The van der Waals surface area contributed by atoms with E-state index in [1.807, 2.05) is 11.8 Å². The third-order valence-electron chi connectivity index (χ3n) is 1.38. The molecule has 1 aromatic carbocycles. The lowest BCUT2D eigenvalue weighted by atomic mass is 10.3. The zero-order valence-corrected chi connectivity index (χ0v) is 8.62. The molecule has 0 aliphatic carbocycles. The molecule has 0 bridgehead atoms. The Morgan fingerprint density at radius 3 is 2.62 bits per heavy atom. The number of thioether (sulfide) groups is 1. The Labute approximate surface area is 86.9 Å². The summed E-state index contributed by atoms with van der Waals surface area (Å²) in [5.41, 5.74) is 10.5. The summed E-state index contributed by atoms with van der Waals surface area (Å²) >= 11 is 5.95. The fourth-order valence-corrected chi connectivity index (χ4v) is 1.78. The maximum atomic E-state index is 4.62. The first-order chi connectivity index (χ1) is 6.20. The molecular weight excluding hydrogens is 202 g/mol. The van der Waals surface area contributed by atoms with E-state index in [1.165, 1.54) is 10.6 Å². The normalized spacial score (nSPS) is 12.0. The van der Waals surface area contributed by atoms with Crippen molar-refractivity contribution in [3.8, 4) is 0 Å². The summed E-state index contributed by atoms with van der Waals surface area (Å²) in [6.07, 6.45) is 0. The van der Waals surface area contributed by atoms with Crippen molar-refractivity contribution < 1.29 is 0 Å². The third-order valence-corrected chi connectivity index (χ3v) is 2.33. The number of fused-ring (bicyclic) bond motifs is 1. The van der Waals surface area contributed by atoms with Gasteiger partial charge in [-0.1, -0.05) is 12.1 Å². The van der Waals surface area contributed by atoms with Gasteiger partial charge in [-0.3, -0.25) is 0 Å². The predicted molar refractivity (Wildman–Crippen MR) is 61.8 cm³/mol. The molecule has 3 nitrogen and oxygen atoms in total. The van der Waals surface area contributed by atoms with Crippen LogP contribution in [0.3, 0.4) is 0 Å². The number of nitrogens with one attached hydrogen (secondary N) is 1. The molecule has 0 saturated heterocycles. The van der Waals surface area contributed by atoms with Gasteiger partial charge in [-0.05, 0) is 24.4 Å². The molecule has 0 spiro atoms. The highest BCUT2D eigenvalue weighted by Crippen LogP contribution is 2.32. The van der Waals surface area contributed by atoms with Gasteiger partial charge in [-0.2, -0.15) is 0 Å². The number of hydrogen-bond acceptors (Lipinski definition) is 3. The maximum absolute atomic E-state index is 4.62. The van der Waals surface area contributed by atoms with Gasteiger partial charge in [-0.25, -0.2) is 0 Å². The molecule has 0 unspecified atom stereocenters. The fraction of sp³-hybridized carbons (Fsp3) is 0.125. The van der Waals surface area contributed by atoms with Crippen LogP contribution in [0.2, 0.25) is 0 Å². The van der Waals surface area contributed by atoms with E-state index in [0.717, 1.165) is 5.88 Å². The van der Waals surface area contributed by atoms with E-state index in [1.54, 1.807) is 0 Å². The minimum absolute atomic E-state index is 0.000000000000000222.